The molecule has 0 bridgehead atoms. The largest absolute Gasteiger partial charge is 0.550 e. The molecule has 2 heteroatoms. The number of rotatable bonds is 3. The van der Waals surface area contributed by atoms with Gasteiger partial charge in [-0.1, -0.05) is 0 Å². The first-order valence-corrected chi connectivity index (χ1v) is 2.80. The van der Waals surface area contributed by atoms with Crippen molar-refractivity contribution in [3.8, 4) is 24.7 Å². The maximum Gasteiger partial charge on any atom is 0.0464 e. The Hall–Kier alpha value is -1.41. The molecule has 0 fully saturated rings. The van der Waals surface area contributed by atoms with E-state index < -0.39 is 11.9 Å². The van der Waals surface area contributed by atoms with Crippen LogP contribution in [0.4, 0.5) is 0 Å². The van der Waals surface area contributed by atoms with Crippen LogP contribution in [0, 0.1) is 30.6 Å². The number of carbonyl (C=O) groups is 1. The molecule has 0 aromatic carbocycles. The van der Waals surface area contributed by atoms with Gasteiger partial charge in [-0.2, -0.15) is 0 Å². The zero-order chi connectivity index (χ0) is 7.98. The van der Waals surface area contributed by atoms with E-state index in [1.807, 2.05) is 0 Å². The molecule has 0 aliphatic carbocycles. The monoisotopic (exact) mass is 135 g/mol. The lowest BCUT2D eigenvalue weighted by molar-refractivity contribution is -0.311. The highest BCUT2D eigenvalue weighted by Crippen LogP contribution is 2.04. The molecule has 0 atom stereocenters. The molecule has 0 aliphatic rings. The van der Waals surface area contributed by atoms with E-state index in [9.17, 15) is 9.90 Å². The van der Waals surface area contributed by atoms with Crippen LogP contribution in [0.15, 0.2) is 0 Å². The predicted molar refractivity (Wildman–Crippen MR) is 35.4 cm³/mol. The maximum absolute atomic E-state index is 10.2. The number of aliphatic carboxylic acids is 1. The Bertz CT molecular complexity index is 176. The summed E-state index contributed by atoms with van der Waals surface area (Å²) in [6, 6.07) is 0. The molecule has 0 aromatic rings. The van der Waals surface area contributed by atoms with E-state index in [0.29, 0.717) is 0 Å². The smallest absolute Gasteiger partial charge is 0.0464 e. The summed E-state index contributed by atoms with van der Waals surface area (Å²) in [5.41, 5.74) is 0. The van der Waals surface area contributed by atoms with E-state index >= 15 is 0 Å². The first-order valence-electron chi connectivity index (χ1n) is 2.80. The minimum absolute atomic E-state index is 0.145. The van der Waals surface area contributed by atoms with E-state index in [1.165, 1.54) is 0 Å². The number of carbonyl (C=O) groups excluding carboxylic acids is 1. The molecule has 52 valence electrons. The molecule has 0 heterocycles. The molecular weight excluding hydrogens is 128 g/mol. The third kappa shape index (κ3) is 2.79. The first kappa shape index (κ1) is 8.59. The number of hydrogen-bond donors (Lipinski definition) is 0. The Balaban J connectivity index is 3.90. The number of carboxylic acid groups (broad SMARTS) is 1. The van der Waals surface area contributed by atoms with E-state index in [2.05, 4.69) is 11.8 Å². The minimum atomic E-state index is -1.17. The quantitative estimate of drug-likeness (QED) is 0.485. The predicted octanol–water partition coefficient (Wildman–Crippen LogP) is -0.601. The van der Waals surface area contributed by atoms with Gasteiger partial charge in [0, 0.05) is 24.7 Å². The van der Waals surface area contributed by atoms with Crippen molar-refractivity contribution in [2.24, 2.45) is 5.92 Å². The summed E-state index contributed by atoms with van der Waals surface area (Å²) < 4.78 is 0. The molecule has 10 heavy (non-hydrogen) atoms. The molecule has 0 spiro atoms. The number of terminal acetylenes is 2. The van der Waals surface area contributed by atoms with Crippen LogP contribution in [0.2, 0.25) is 0 Å². The van der Waals surface area contributed by atoms with Crippen LogP contribution in [0.5, 0.6) is 0 Å². The molecule has 0 rings (SSSR count). The Labute approximate surface area is 60.2 Å². The fraction of sp³-hybridized carbons (Fsp3) is 0.375. The van der Waals surface area contributed by atoms with Gasteiger partial charge in [-0.3, -0.25) is 0 Å². The Morgan fingerprint density at radius 1 is 1.40 bits per heavy atom. The van der Waals surface area contributed by atoms with E-state index in [1.54, 1.807) is 0 Å². The summed E-state index contributed by atoms with van der Waals surface area (Å²) in [5.74, 6) is 2.58. The molecule has 0 saturated heterocycles. The Morgan fingerprint density at radius 2 is 1.80 bits per heavy atom. The molecule has 0 unspecified atom stereocenters. The van der Waals surface area contributed by atoms with Crippen molar-refractivity contribution in [3.05, 3.63) is 0 Å². The summed E-state index contributed by atoms with van der Waals surface area (Å²) in [7, 11) is 0. The molecular formula is C8H7O2-. The maximum atomic E-state index is 10.2. The molecule has 0 aliphatic heterocycles. The van der Waals surface area contributed by atoms with Crippen molar-refractivity contribution >= 4 is 5.97 Å². The van der Waals surface area contributed by atoms with Gasteiger partial charge in [0.1, 0.15) is 0 Å². The minimum Gasteiger partial charge on any atom is -0.550 e. The number of hydrogen-bond acceptors (Lipinski definition) is 2. The van der Waals surface area contributed by atoms with Crippen molar-refractivity contribution in [2.45, 2.75) is 12.8 Å². The van der Waals surface area contributed by atoms with Gasteiger partial charge in [0.05, 0.1) is 0 Å². The zero-order valence-electron chi connectivity index (χ0n) is 5.46. The lowest BCUT2D eigenvalue weighted by Gasteiger charge is -2.10. The normalized spacial score (nSPS) is 8.30. The van der Waals surface area contributed by atoms with Crippen molar-refractivity contribution in [1.82, 2.24) is 0 Å². The van der Waals surface area contributed by atoms with Crippen LogP contribution in [0.1, 0.15) is 12.8 Å². The summed E-state index contributed by atoms with van der Waals surface area (Å²) in [5, 5.41) is 10.2. The zero-order valence-corrected chi connectivity index (χ0v) is 5.46. The van der Waals surface area contributed by atoms with Gasteiger partial charge in [-0.15, -0.1) is 24.7 Å². The molecule has 0 N–H and O–H groups in total. The highest BCUT2D eigenvalue weighted by atomic mass is 16.4. The highest BCUT2D eigenvalue weighted by Gasteiger charge is 2.04. The van der Waals surface area contributed by atoms with E-state index in [0.717, 1.165) is 0 Å². The highest BCUT2D eigenvalue weighted by molar-refractivity contribution is 5.68. The van der Waals surface area contributed by atoms with Gasteiger partial charge < -0.3 is 9.90 Å². The third-order valence-electron chi connectivity index (χ3n) is 1.06. The van der Waals surface area contributed by atoms with Gasteiger partial charge in [-0.25, -0.2) is 0 Å². The van der Waals surface area contributed by atoms with Crippen molar-refractivity contribution < 1.29 is 9.90 Å². The summed E-state index contributed by atoms with van der Waals surface area (Å²) in [6.07, 6.45) is 10.1. The second-order valence-electron chi connectivity index (χ2n) is 1.83. The van der Waals surface area contributed by atoms with Crippen LogP contribution in [-0.2, 0) is 4.79 Å². The Kier molecular flexibility index (Phi) is 3.84. The fourth-order valence-corrected chi connectivity index (χ4v) is 0.523. The fourth-order valence-electron chi connectivity index (χ4n) is 0.523. The standard InChI is InChI=1S/C8H8O2/c1-3-5-7(6-4-2)8(9)10/h1-2,7H,5-6H2,(H,9,10)/p-1. The van der Waals surface area contributed by atoms with Gasteiger partial charge in [0.2, 0.25) is 0 Å². The first-order chi connectivity index (χ1) is 4.72. The van der Waals surface area contributed by atoms with Gasteiger partial charge >= 0.3 is 0 Å². The van der Waals surface area contributed by atoms with E-state index in [4.69, 9.17) is 12.8 Å². The topological polar surface area (TPSA) is 40.1 Å². The molecule has 0 amide bonds. The number of carboxylic acids is 1. The van der Waals surface area contributed by atoms with Crippen LogP contribution in [0.25, 0.3) is 0 Å². The molecule has 0 aromatic heterocycles. The summed E-state index contributed by atoms with van der Waals surface area (Å²) in [6.45, 7) is 0. The van der Waals surface area contributed by atoms with Crippen LogP contribution in [-0.4, -0.2) is 5.97 Å². The van der Waals surface area contributed by atoms with Crippen molar-refractivity contribution in [1.29, 1.82) is 0 Å². The Morgan fingerprint density at radius 3 is 2.00 bits per heavy atom. The second-order valence-corrected chi connectivity index (χ2v) is 1.83. The average molecular weight is 135 g/mol. The van der Waals surface area contributed by atoms with Crippen molar-refractivity contribution in [2.75, 3.05) is 0 Å². The van der Waals surface area contributed by atoms with Gasteiger partial charge in [-0.05, 0) is 0 Å². The average Bonchev–Trinajstić information content (AvgIpc) is 1.87. The van der Waals surface area contributed by atoms with Gasteiger partial charge in [0.25, 0.3) is 0 Å². The summed E-state index contributed by atoms with van der Waals surface area (Å²) >= 11 is 0. The van der Waals surface area contributed by atoms with Gasteiger partial charge in [0.15, 0.2) is 0 Å². The van der Waals surface area contributed by atoms with Crippen LogP contribution in [0.3, 0.4) is 0 Å². The second kappa shape index (κ2) is 4.47. The third-order valence-corrected chi connectivity index (χ3v) is 1.06. The van der Waals surface area contributed by atoms with Crippen molar-refractivity contribution in [3.63, 3.8) is 0 Å². The lowest BCUT2D eigenvalue weighted by Crippen LogP contribution is -2.30. The lowest BCUT2D eigenvalue weighted by atomic mass is 10.0. The van der Waals surface area contributed by atoms with Crippen LogP contribution < -0.4 is 5.11 Å². The molecule has 0 saturated carbocycles. The molecule has 0 radical (unpaired) electrons. The molecule has 2 nitrogen and oxygen atoms in total. The SMILES string of the molecule is C#CCC(CC#C)C(=O)[O-]. The summed E-state index contributed by atoms with van der Waals surface area (Å²) in [4.78, 5) is 10.2. The van der Waals surface area contributed by atoms with Crippen LogP contribution >= 0.6 is 0 Å². The van der Waals surface area contributed by atoms with E-state index in [-0.39, 0.29) is 12.8 Å².